The van der Waals surface area contributed by atoms with Gasteiger partial charge in [-0.15, -0.1) is 0 Å². The van der Waals surface area contributed by atoms with Crippen molar-refractivity contribution in [3.8, 4) is 33.4 Å². The summed E-state index contributed by atoms with van der Waals surface area (Å²) in [6, 6.07) is 82.7. The molecule has 0 spiro atoms. The number of rotatable bonds is 8. The molecule has 318 valence electrons. The third-order valence-corrected chi connectivity index (χ3v) is 13.9. The highest BCUT2D eigenvalue weighted by Crippen LogP contribution is 2.53. The Labute approximate surface area is 389 Å². The second-order valence-electron chi connectivity index (χ2n) is 18.1. The van der Waals surface area contributed by atoms with Gasteiger partial charge in [-0.2, -0.15) is 0 Å². The Balaban J connectivity index is 0.908. The van der Waals surface area contributed by atoms with Gasteiger partial charge in [0.15, 0.2) is 0 Å². The number of para-hydroxylation sites is 5. The average Bonchev–Trinajstić information content (AvgIpc) is 4.02. The molecule has 0 saturated heterocycles. The van der Waals surface area contributed by atoms with Crippen LogP contribution < -0.4 is 9.80 Å². The number of furan rings is 2. The van der Waals surface area contributed by atoms with Crippen LogP contribution >= 0.6 is 0 Å². The number of nitrogens with zero attached hydrogens (tertiary/aromatic N) is 2. The zero-order valence-corrected chi connectivity index (χ0v) is 37.2. The lowest BCUT2D eigenvalue weighted by atomic mass is 9.82. The van der Waals surface area contributed by atoms with E-state index in [0.717, 1.165) is 100 Å². The third-order valence-electron chi connectivity index (χ3n) is 13.9. The van der Waals surface area contributed by atoms with Gasteiger partial charge in [0.25, 0.3) is 0 Å². The standard InChI is InChI=1S/C63H44N2O2/c1-63(2)57-39-48(64(44-14-5-3-6-15-44)45-16-7-4-8-17-45)33-35-51(57)52-36-34-49(40-58(52)63)65(46-29-24-41(25-30-46)43-28-37-61-56(38-43)54-19-10-11-22-59(54)66-61)47-31-26-42(27-32-47)50-20-13-21-55-53-18-9-12-23-60(53)67-62(50)55/h3-40H,1-2H3. The maximum atomic E-state index is 6.48. The molecule has 0 fully saturated rings. The molecule has 4 nitrogen and oxygen atoms in total. The van der Waals surface area contributed by atoms with Crippen molar-refractivity contribution in [2.24, 2.45) is 0 Å². The van der Waals surface area contributed by atoms with Gasteiger partial charge in [-0.1, -0.05) is 147 Å². The van der Waals surface area contributed by atoms with Gasteiger partial charge in [0.05, 0.1) is 0 Å². The summed E-state index contributed by atoms with van der Waals surface area (Å²) in [5.74, 6) is 0. The molecule has 0 N–H and O–H groups in total. The summed E-state index contributed by atoms with van der Waals surface area (Å²) >= 11 is 0. The smallest absolute Gasteiger partial charge is 0.143 e. The van der Waals surface area contributed by atoms with Crippen LogP contribution in [0.15, 0.2) is 239 Å². The fourth-order valence-corrected chi connectivity index (χ4v) is 10.5. The fourth-order valence-electron chi connectivity index (χ4n) is 10.5. The molecule has 0 saturated carbocycles. The zero-order valence-electron chi connectivity index (χ0n) is 37.2. The van der Waals surface area contributed by atoms with E-state index < -0.39 is 0 Å². The van der Waals surface area contributed by atoms with E-state index in [1.165, 1.54) is 22.3 Å². The van der Waals surface area contributed by atoms with E-state index in [0.29, 0.717) is 0 Å². The first-order valence-electron chi connectivity index (χ1n) is 23.0. The fraction of sp³-hybridized carbons (Fsp3) is 0.0476. The van der Waals surface area contributed by atoms with Crippen LogP contribution in [0, 0.1) is 0 Å². The zero-order chi connectivity index (χ0) is 44.6. The lowest BCUT2D eigenvalue weighted by Gasteiger charge is -2.29. The minimum atomic E-state index is -0.268. The van der Waals surface area contributed by atoms with Crippen molar-refractivity contribution in [2.75, 3.05) is 9.80 Å². The first kappa shape index (κ1) is 38.8. The predicted octanol–water partition coefficient (Wildman–Crippen LogP) is 18.1. The summed E-state index contributed by atoms with van der Waals surface area (Å²) in [6.45, 7) is 4.74. The summed E-state index contributed by atoms with van der Waals surface area (Å²) in [7, 11) is 0. The Hall–Kier alpha value is -8.60. The highest BCUT2D eigenvalue weighted by atomic mass is 16.3. The van der Waals surface area contributed by atoms with Crippen LogP contribution in [-0.2, 0) is 5.41 Å². The van der Waals surface area contributed by atoms with E-state index in [2.05, 4.69) is 230 Å². The highest BCUT2D eigenvalue weighted by Gasteiger charge is 2.37. The molecule has 2 heterocycles. The van der Waals surface area contributed by atoms with Gasteiger partial charge in [0.2, 0.25) is 0 Å². The molecule has 0 aliphatic heterocycles. The van der Waals surface area contributed by atoms with E-state index in [1.807, 2.05) is 24.3 Å². The number of anilines is 6. The van der Waals surface area contributed by atoms with Gasteiger partial charge in [-0.3, -0.25) is 0 Å². The van der Waals surface area contributed by atoms with Crippen LogP contribution in [0.25, 0.3) is 77.3 Å². The molecular weight excluding hydrogens is 817 g/mol. The summed E-state index contributed by atoms with van der Waals surface area (Å²) in [6.07, 6.45) is 0. The topological polar surface area (TPSA) is 32.8 Å². The molecule has 0 bridgehead atoms. The van der Waals surface area contributed by atoms with Gasteiger partial charge in [0.1, 0.15) is 22.3 Å². The van der Waals surface area contributed by atoms with Crippen LogP contribution in [0.5, 0.6) is 0 Å². The number of benzene rings is 10. The van der Waals surface area contributed by atoms with Crippen molar-refractivity contribution >= 4 is 78.0 Å². The predicted molar refractivity (Wildman–Crippen MR) is 279 cm³/mol. The third kappa shape index (κ3) is 6.36. The van der Waals surface area contributed by atoms with Crippen molar-refractivity contribution in [3.63, 3.8) is 0 Å². The van der Waals surface area contributed by atoms with Crippen LogP contribution in [0.1, 0.15) is 25.0 Å². The van der Waals surface area contributed by atoms with E-state index in [-0.39, 0.29) is 5.41 Å². The van der Waals surface area contributed by atoms with Crippen molar-refractivity contribution in [1.82, 2.24) is 0 Å². The first-order valence-corrected chi connectivity index (χ1v) is 23.0. The van der Waals surface area contributed by atoms with Gasteiger partial charge < -0.3 is 18.6 Å². The normalized spacial score (nSPS) is 12.7. The minimum absolute atomic E-state index is 0.268. The largest absolute Gasteiger partial charge is 0.456 e. The molecular formula is C63H44N2O2. The van der Waals surface area contributed by atoms with Crippen LogP contribution in [0.2, 0.25) is 0 Å². The second-order valence-corrected chi connectivity index (χ2v) is 18.1. The van der Waals surface area contributed by atoms with Crippen molar-refractivity contribution in [3.05, 3.63) is 242 Å². The Morgan fingerprint density at radius 3 is 1.34 bits per heavy atom. The van der Waals surface area contributed by atoms with E-state index in [1.54, 1.807) is 0 Å². The van der Waals surface area contributed by atoms with Gasteiger partial charge >= 0.3 is 0 Å². The average molecular weight is 861 g/mol. The van der Waals surface area contributed by atoms with Crippen LogP contribution in [-0.4, -0.2) is 0 Å². The maximum absolute atomic E-state index is 6.48. The SMILES string of the molecule is CC1(C)c2cc(N(c3ccccc3)c3ccccc3)ccc2-c2ccc(N(c3ccc(-c4ccc5oc6ccccc6c5c4)cc3)c3ccc(-c4cccc5c4oc4ccccc45)cc3)cc21. The minimum Gasteiger partial charge on any atom is -0.456 e. The monoisotopic (exact) mass is 860 g/mol. The summed E-state index contributed by atoms with van der Waals surface area (Å²) in [5.41, 5.74) is 19.6. The van der Waals surface area contributed by atoms with Gasteiger partial charge in [-0.05, 0) is 136 Å². The number of hydrogen-bond donors (Lipinski definition) is 0. The molecule has 10 aromatic carbocycles. The molecule has 4 heteroatoms. The maximum Gasteiger partial charge on any atom is 0.143 e. The molecule has 2 aromatic heterocycles. The van der Waals surface area contributed by atoms with Crippen LogP contribution in [0.4, 0.5) is 34.1 Å². The highest BCUT2D eigenvalue weighted by molar-refractivity contribution is 6.10. The molecule has 0 radical (unpaired) electrons. The molecule has 13 rings (SSSR count). The van der Waals surface area contributed by atoms with E-state index in [9.17, 15) is 0 Å². The Bertz CT molecular complexity index is 3790. The Morgan fingerprint density at radius 1 is 0.299 bits per heavy atom. The van der Waals surface area contributed by atoms with Crippen molar-refractivity contribution < 1.29 is 8.83 Å². The summed E-state index contributed by atoms with van der Waals surface area (Å²) in [5, 5.41) is 4.51. The lowest BCUT2D eigenvalue weighted by Crippen LogP contribution is -2.17. The van der Waals surface area contributed by atoms with Crippen LogP contribution in [0.3, 0.4) is 0 Å². The number of hydrogen-bond acceptors (Lipinski definition) is 4. The van der Waals surface area contributed by atoms with E-state index in [4.69, 9.17) is 8.83 Å². The second kappa shape index (κ2) is 15.3. The molecule has 67 heavy (non-hydrogen) atoms. The lowest BCUT2D eigenvalue weighted by molar-refractivity contribution is 0.660. The molecule has 0 atom stereocenters. The van der Waals surface area contributed by atoms with Crippen molar-refractivity contribution in [1.29, 1.82) is 0 Å². The van der Waals surface area contributed by atoms with Crippen molar-refractivity contribution in [2.45, 2.75) is 19.3 Å². The summed E-state index contributed by atoms with van der Waals surface area (Å²) in [4.78, 5) is 4.74. The molecule has 0 amide bonds. The number of fused-ring (bicyclic) bond motifs is 9. The quantitative estimate of drug-likeness (QED) is 0.152. The van der Waals surface area contributed by atoms with Gasteiger partial charge in [-0.25, -0.2) is 0 Å². The Kier molecular flexibility index (Phi) is 8.84. The molecule has 12 aromatic rings. The summed E-state index contributed by atoms with van der Waals surface area (Å²) < 4.78 is 12.6. The first-order chi connectivity index (χ1) is 33.0. The molecule has 1 aliphatic rings. The van der Waals surface area contributed by atoms with Gasteiger partial charge in [0, 0.05) is 66.6 Å². The molecule has 1 aliphatic carbocycles. The Morgan fingerprint density at radius 2 is 0.746 bits per heavy atom. The van der Waals surface area contributed by atoms with E-state index >= 15 is 0 Å². The molecule has 0 unspecified atom stereocenters.